The quantitative estimate of drug-likeness (QED) is 0.891. The van der Waals surface area contributed by atoms with E-state index in [1.165, 1.54) is 6.07 Å². The first-order valence-electron chi connectivity index (χ1n) is 6.70. The number of anilines is 1. The topological polar surface area (TPSA) is 23.5 Å². The van der Waals surface area contributed by atoms with Gasteiger partial charge in [0.15, 0.2) is 0 Å². The molecule has 0 aliphatic carbocycles. The molecular formula is C15H22FNO. The molecule has 2 rings (SSSR count). The number of hydrogen-bond donors (Lipinski definition) is 1. The van der Waals surface area contributed by atoms with Crippen molar-refractivity contribution in [2.75, 3.05) is 18.1 Å². The minimum Gasteiger partial charge on any atom is -0.396 e. The molecule has 3 heteroatoms. The molecule has 1 aliphatic heterocycles. The number of para-hydroxylation sites is 1. The van der Waals surface area contributed by atoms with Gasteiger partial charge in [0.2, 0.25) is 0 Å². The molecule has 1 N–H and O–H groups in total. The highest BCUT2D eigenvalue weighted by Gasteiger charge is 2.38. The second-order valence-corrected chi connectivity index (χ2v) is 5.61. The van der Waals surface area contributed by atoms with Gasteiger partial charge in [0.25, 0.3) is 0 Å². The summed E-state index contributed by atoms with van der Waals surface area (Å²) in [5.41, 5.74) is 0.577. The van der Waals surface area contributed by atoms with Crippen molar-refractivity contribution >= 4 is 5.69 Å². The van der Waals surface area contributed by atoms with Crippen molar-refractivity contribution in [2.24, 2.45) is 5.92 Å². The summed E-state index contributed by atoms with van der Waals surface area (Å²) in [5, 5.41) is 9.17. The molecule has 0 amide bonds. The highest BCUT2D eigenvalue weighted by molar-refractivity contribution is 5.50. The maximum absolute atomic E-state index is 13.9. The van der Waals surface area contributed by atoms with Crippen LogP contribution in [0.25, 0.3) is 0 Å². The first-order valence-corrected chi connectivity index (χ1v) is 6.70. The third-order valence-electron chi connectivity index (χ3n) is 4.25. The molecule has 1 unspecified atom stereocenters. The monoisotopic (exact) mass is 251 g/mol. The van der Waals surface area contributed by atoms with Gasteiger partial charge in [-0.3, -0.25) is 0 Å². The van der Waals surface area contributed by atoms with Crippen molar-refractivity contribution in [2.45, 2.75) is 38.6 Å². The number of hydrogen-bond acceptors (Lipinski definition) is 2. The van der Waals surface area contributed by atoms with E-state index in [1.54, 1.807) is 6.07 Å². The van der Waals surface area contributed by atoms with Crippen LogP contribution in [0.1, 0.15) is 33.1 Å². The third kappa shape index (κ3) is 2.37. The smallest absolute Gasteiger partial charge is 0.146 e. The molecule has 1 atom stereocenters. The van der Waals surface area contributed by atoms with Gasteiger partial charge in [-0.25, -0.2) is 4.39 Å². The molecule has 18 heavy (non-hydrogen) atoms. The summed E-state index contributed by atoms with van der Waals surface area (Å²) < 4.78 is 13.9. The Bertz CT molecular complexity index is 403. The van der Waals surface area contributed by atoms with E-state index in [4.69, 9.17) is 5.11 Å². The Morgan fingerprint density at radius 3 is 2.78 bits per heavy atom. The van der Waals surface area contributed by atoms with Crippen LogP contribution in [-0.2, 0) is 0 Å². The van der Waals surface area contributed by atoms with Crippen LogP contribution in [0.2, 0.25) is 0 Å². The first-order chi connectivity index (χ1) is 8.57. The van der Waals surface area contributed by atoms with Crippen LogP contribution < -0.4 is 4.90 Å². The predicted molar refractivity (Wildman–Crippen MR) is 72.3 cm³/mol. The Labute approximate surface area is 108 Å². The van der Waals surface area contributed by atoms with E-state index in [-0.39, 0.29) is 18.0 Å². The zero-order valence-corrected chi connectivity index (χ0v) is 11.2. The summed E-state index contributed by atoms with van der Waals surface area (Å²) in [6, 6.07) is 6.96. The molecule has 1 aliphatic rings. The van der Waals surface area contributed by atoms with Gasteiger partial charge < -0.3 is 10.0 Å². The third-order valence-corrected chi connectivity index (χ3v) is 4.25. The average molecular weight is 251 g/mol. The fourth-order valence-corrected chi connectivity index (χ4v) is 3.11. The standard InChI is InChI=1S/C15H22FNO/c1-15(2)12(9-11-18)6-5-10-17(15)14-8-4-3-7-13(14)16/h3-4,7-8,12,18H,5-6,9-11H2,1-2H3. The molecule has 100 valence electrons. The van der Waals surface area contributed by atoms with Gasteiger partial charge in [-0.05, 0) is 51.2 Å². The minimum absolute atomic E-state index is 0.108. The molecule has 1 saturated heterocycles. The second-order valence-electron chi connectivity index (χ2n) is 5.61. The van der Waals surface area contributed by atoms with E-state index in [0.29, 0.717) is 11.6 Å². The summed E-state index contributed by atoms with van der Waals surface area (Å²) in [4.78, 5) is 2.16. The second kappa shape index (κ2) is 5.27. The van der Waals surface area contributed by atoms with Crippen LogP contribution in [0.4, 0.5) is 10.1 Å². The van der Waals surface area contributed by atoms with Crippen LogP contribution in [0.3, 0.4) is 0 Å². The van der Waals surface area contributed by atoms with Gasteiger partial charge in [-0.2, -0.15) is 0 Å². The Morgan fingerprint density at radius 1 is 1.39 bits per heavy atom. The summed E-state index contributed by atoms with van der Waals surface area (Å²) >= 11 is 0. The number of benzene rings is 1. The molecule has 0 saturated carbocycles. The Morgan fingerprint density at radius 2 is 2.11 bits per heavy atom. The normalized spacial score (nSPS) is 23.1. The van der Waals surface area contributed by atoms with E-state index in [9.17, 15) is 4.39 Å². The molecular weight excluding hydrogens is 229 g/mol. The van der Waals surface area contributed by atoms with Gasteiger partial charge in [0, 0.05) is 18.7 Å². The Balaban J connectivity index is 2.29. The summed E-state index contributed by atoms with van der Waals surface area (Å²) in [6.07, 6.45) is 2.96. The molecule has 1 aromatic rings. The zero-order valence-electron chi connectivity index (χ0n) is 11.2. The summed E-state index contributed by atoms with van der Waals surface area (Å²) in [6.45, 7) is 5.40. The number of halogens is 1. The fourth-order valence-electron chi connectivity index (χ4n) is 3.11. The number of rotatable bonds is 3. The van der Waals surface area contributed by atoms with Crippen molar-refractivity contribution in [3.05, 3.63) is 30.1 Å². The van der Waals surface area contributed by atoms with E-state index in [1.807, 2.05) is 12.1 Å². The Hall–Kier alpha value is -1.09. The highest BCUT2D eigenvalue weighted by atomic mass is 19.1. The van der Waals surface area contributed by atoms with Crippen molar-refractivity contribution in [3.63, 3.8) is 0 Å². The zero-order chi connectivity index (χ0) is 13.2. The van der Waals surface area contributed by atoms with Gasteiger partial charge in [0.05, 0.1) is 5.69 Å². The fraction of sp³-hybridized carbons (Fsp3) is 0.600. The lowest BCUT2D eigenvalue weighted by Crippen LogP contribution is -2.54. The van der Waals surface area contributed by atoms with E-state index >= 15 is 0 Å². The molecule has 0 spiro atoms. The van der Waals surface area contributed by atoms with E-state index in [0.717, 1.165) is 25.8 Å². The van der Waals surface area contributed by atoms with Crippen LogP contribution in [0.5, 0.6) is 0 Å². The van der Waals surface area contributed by atoms with Crippen molar-refractivity contribution in [1.82, 2.24) is 0 Å². The van der Waals surface area contributed by atoms with Crippen LogP contribution in [0, 0.1) is 11.7 Å². The SMILES string of the molecule is CC1(C)C(CCO)CCCN1c1ccccc1F. The molecule has 1 heterocycles. The number of aliphatic hydroxyl groups is 1. The molecule has 0 radical (unpaired) electrons. The molecule has 2 nitrogen and oxygen atoms in total. The molecule has 1 fully saturated rings. The summed E-state index contributed by atoms with van der Waals surface area (Å²) in [5.74, 6) is 0.256. The summed E-state index contributed by atoms with van der Waals surface area (Å²) in [7, 11) is 0. The van der Waals surface area contributed by atoms with Gasteiger partial charge in [0.1, 0.15) is 5.82 Å². The lowest BCUT2D eigenvalue weighted by Gasteiger charge is -2.49. The van der Waals surface area contributed by atoms with Gasteiger partial charge in [-0.15, -0.1) is 0 Å². The van der Waals surface area contributed by atoms with E-state index < -0.39 is 0 Å². The van der Waals surface area contributed by atoms with Gasteiger partial charge >= 0.3 is 0 Å². The van der Waals surface area contributed by atoms with Crippen molar-refractivity contribution in [3.8, 4) is 0 Å². The minimum atomic E-state index is -0.157. The van der Waals surface area contributed by atoms with Crippen molar-refractivity contribution in [1.29, 1.82) is 0 Å². The van der Waals surface area contributed by atoms with Crippen LogP contribution in [0.15, 0.2) is 24.3 Å². The molecule has 0 aromatic heterocycles. The maximum atomic E-state index is 13.9. The lowest BCUT2D eigenvalue weighted by molar-refractivity contribution is 0.175. The number of nitrogens with zero attached hydrogens (tertiary/aromatic N) is 1. The average Bonchev–Trinajstić information content (AvgIpc) is 2.33. The molecule has 0 bridgehead atoms. The lowest BCUT2D eigenvalue weighted by atomic mass is 9.77. The number of piperidine rings is 1. The predicted octanol–water partition coefficient (Wildman–Crippen LogP) is 3.20. The van der Waals surface area contributed by atoms with Crippen LogP contribution in [-0.4, -0.2) is 23.8 Å². The highest BCUT2D eigenvalue weighted by Crippen LogP contribution is 2.39. The largest absolute Gasteiger partial charge is 0.396 e. The Kier molecular flexibility index (Phi) is 3.91. The number of aliphatic hydroxyl groups excluding tert-OH is 1. The molecule has 1 aromatic carbocycles. The van der Waals surface area contributed by atoms with Gasteiger partial charge in [-0.1, -0.05) is 12.1 Å². The van der Waals surface area contributed by atoms with E-state index in [2.05, 4.69) is 18.7 Å². The van der Waals surface area contributed by atoms with Crippen LogP contribution >= 0.6 is 0 Å². The van der Waals surface area contributed by atoms with Crippen molar-refractivity contribution < 1.29 is 9.50 Å². The maximum Gasteiger partial charge on any atom is 0.146 e. The first kappa shape index (κ1) is 13.3.